The summed E-state index contributed by atoms with van der Waals surface area (Å²) < 4.78 is 15.7. The Morgan fingerprint density at radius 3 is 1.95 bits per heavy atom. The number of ether oxygens (including phenoxy) is 3. The van der Waals surface area contributed by atoms with Gasteiger partial charge in [0.15, 0.2) is 11.5 Å². The number of rotatable bonds is 4. The highest BCUT2D eigenvalue weighted by Crippen LogP contribution is 2.42. The Bertz CT molecular complexity index is 529. The van der Waals surface area contributed by atoms with Crippen molar-refractivity contribution in [3.05, 3.63) is 17.7 Å². The zero-order valence-electron chi connectivity index (χ0n) is 11.9. The Morgan fingerprint density at radius 2 is 1.60 bits per heavy atom. The van der Waals surface area contributed by atoms with E-state index in [1.165, 1.54) is 28.4 Å². The van der Waals surface area contributed by atoms with Gasteiger partial charge in [-0.1, -0.05) is 0 Å². The second kappa shape index (κ2) is 5.40. The highest BCUT2D eigenvalue weighted by Gasteiger charge is 2.37. The van der Waals surface area contributed by atoms with Crippen LogP contribution in [0.25, 0.3) is 0 Å². The van der Waals surface area contributed by atoms with Gasteiger partial charge in [0.25, 0.3) is 0 Å². The molecule has 0 N–H and O–H groups in total. The van der Waals surface area contributed by atoms with Crippen LogP contribution in [0.2, 0.25) is 0 Å². The number of carbonyl (C=O) groups excluding carboxylic acids is 2. The SMILES string of the molecule is COc1cc(C2CC(=O)N(C)C2=O)cc(OC)c1OC. The Kier molecular flexibility index (Phi) is 3.83. The third-order valence-electron chi connectivity index (χ3n) is 3.47. The van der Waals surface area contributed by atoms with Crippen LogP contribution in [0.15, 0.2) is 12.1 Å². The number of likely N-dealkylation sites (N-methyl/N-ethyl adjacent to an activating group) is 1. The van der Waals surface area contributed by atoms with Crippen LogP contribution >= 0.6 is 0 Å². The van der Waals surface area contributed by atoms with Crippen molar-refractivity contribution in [3.63, 3.8) is 0 Å². The third-order valence-corrected chi connectivity index (χ3v) is 3.47. The van der Waals surface area contributed by atoms with Gasteiger partial charge in [-0.25, -0.2) is 0 Å². The molecule has 1 heterocycles. The average Bonchev–Trinajstić information content (AvgIpc) is 2.73. The summed E-state index contributed by atoms with van der Waals surface area (Å²) in [7, 11) is 6.02. The zero-order valence-corrected chi connectivity index (χ0v) is 11.9. The van der Waals surface area contributed by atoms with Gasteiger partial charge >= 0.3 is 0 Å². The molecule has 1 aromatic rings. The largest absolute Gasteiger partial charge is 0.493 e. The summed E-state index contributed by atoms with van der Waals surface area (Å²) in [4.78, 5) is 24.8. The molecule has 0 radical (unpaired) electrons. The molecule has 20 heavy (non-hydrogen) atoms. The number of amides is 2. The molecule has 1 aromatic carbocycles. The van der Waals surface area contributed by atoms with Crippen LogP contribution in [0.4, 0.5) is 0 Å². The van der Waals surface area contributed by atoms with Crippen molar-refractivity contribution in [2.24, 2.45) is 0 Å². The summed E-state index contributed by atoms with van der Waals surface area (Å²) in [5, 5.41) is 0. The van der Waals surface area contributed by atoms with Gasteiger partial charge in [-0.3, -0.25) is 14.5 Å². The van der Waals surface area contributed by atoms with E-state index in [0.29, 0.717) is 22.8 Å². The molecule has 2 amide bonds. The number of hydrogen-bond donors (Lipinski definition) is 0. The predicted molar refractivity (Wildman–Crippen MR) is 71.2 cm³/mol. The fourth-order valence-electron chi connectivity index (χ4n) is 2.32. The molecule has 1 aliphatic heterocycles. The zero-order chi connectivity index (χ0) is 14.9. The molecular weight excluding hydrogens is 262 g/mol. The van der Waals surface area contributed by atoms with Gasteiger partial charge in [0.2, 0.25) is 17.6 Å². The quantitative estimate of drug-likeness (QED) is 0.774. The number of likely N-dealkylation sites (tertiary alicyclic amines) is 1. The van der Waals surface area contributed by atoms with E-state index in [9.17, 15) is 9.59 Å². The molecule has 1 fully saturated rings. The lowest BCUT2D eigenvalue weighted by atomic mass is 9.96. The molecule has 2 rings (SSSR count). The van der Waals surface area contributed by atoms with Crippen molar-refractivity contribution in [1.82, 2.24) is 4.90 Å². The number of imide groups is 1. The van der Waals surface area contributed by atoms with Crippen LogP contribution in [-0.4, -0.2) is 45.1 Å². The number of nitrogens with zero attached hydrogens (tertiary/aromatic N) is 1. The molecule has 0 aromatic heterocycles. The second-order valence-corrected chi connectivity index (χ2v) is 4.51. The molecule has 0 saturated carbocycles. The summed E-state index contributed by atoms with van der Waals surface area (Å²) in [6.45, 7) is 0. The van der Waals surface area contributed by atoms with Crippen molar-refractivity contribution < 1.29 is 23.8 Å². The van der Waals surface area contributed by atoms with Crippen molar-refractivity contribution in [2.75, 3.05) is 28.4 Å². The molecular formula is C14H17NO5. The molecule has 1 saturated heterocycles. The van der Waals surface area contributed by atoms with E-state index in [4.69, 9.17) is 14.2 Å². The summed E-state index contributed by atoms with van der Waals surface area (Å²) >= 11 is 0. The smallest absolute Gasteiger partial charge is 0.236 e. The van der Waals surface area contributed by atoms with Gasteiger partial charge in [0.05, 0.1) is 27.2 Å². The van der Waals surface area contributed by atoms with Gasteiger partial charge in [-0.2, -0.15) is 0 Å². The maximum Gasteiger partial charge on any atom is 0.236 e. The third kappa shape index (κ3) is 2.17. The highest BCUT2D eigenvalue weighted by molar-refractivity contribution is 6.06. The molecule has 0 aliphatic carbocycles. The molecule has 1 atom stereocenters. The van der Waals surface area contributed by atoms with Crippen LogP contribution in [0, 0.1) is 0 Å². The predicted octanol–water partition coefficient (Wildman–Crippen LogP) is 1.18. The van der Waals surface area contributed by atoms with E-state index >= 15 is 0 Å². The molecule has 6 nitrogen and oxygen atoms in total. The fraction of sp³-hybridized carbons (Fsp3) is 0.429. The summed E-state index contributed by atoms with van der Waals surface area (Å²) in [6, 6.07) is 3.41. The molecule has 108 valence electrons. The van der Waals surface area contributed by atoms with E-state index in [1.807, 2.05) is 0 Å². The first kappa shape index (κ1) is 14.2. The maximum absolute atomic E-state index is 12.1. The molecule has 0 bridgehead atoms. The molecule has 0 spiro atoms. The summed E-state index contributed by atoms with van der Waals surface area (Å²) in [5.74, 6) is 0.497. The van der Waals surface area contributed by atoms with Crippen LogP contribution in [0.1, 0.15) is 17.9 Å². The number of hydrogen-bond acceptors (Lipinski definition) is 5. The topological polar surface area (TPSA) is 65.1 Å². The van der Waals surface area contributed by atoms with E-state index in [1.54, 1.807) is 12.1 Å². The lowest BCUT2D eigenvalue weighted by Crippen LogP contribution is -2.25. The minimum atomic E-state index is -0.499. The maximum atomic E-state index is 12.1. The average molecular weight is 279 g/mol. The van der Waals surface area contributed by atoms with Crippen LogP contribution < -0.4 is 14.2 Å². The lowest BCUT2D eigenvalue weighted by Gasteiger charge is -2.16. The molecule has 6 heteroatoms. The lowest BCUT2D eigenvalue weighted by molar-refractivity contribution is -0.137. The van der Waals surface area contributed by atoms with Gasteiger partial charge in [-0.15, -0.1) is 0 Å². The Balaban J connectivity index is 2.48. The molecule has 1 aliphatic rings. The molecule has 1 unspecified atom stereocenters. The van der Waals surface area contributed by atoms with Gasteiger partial charge < -0.3 is 14.2 Å². The standard InChI is InChI=1S/C14H17NO5/c1-15-12(16)7-9(14(15)17)8-5-10(18-2)13(20-4)11(6-8)19-3/h5-6,9H,7H2,1-4H3. The number of methoxy groups -OCH3 is 3. The Hall–Kier alpha value is -2.24. The Labute approximate surface area is 117 Å². The van der Waals surface area contributed by atoms with Gasteiger partial charge in [-0.05, 0) is 17.7 Å². The Morgan fingerprint density at radius 1 is 1.05 bits per heavy atom. The van der Waals surface area contributed by atoms with E-state index in [0.717, 1.165) is 4.90 Å². The fourth-order valence-corrected chi connectivity index (χ4v) is 2.32. The number of carbonyl (C=O) groups is 2. The minimum absolute atomic E-state index is 0.161. The summed E-state index contributed by atoms with van der Waals surface area (Å²) in [5.41, 5.74) is 0.683. The van der Waals surface area contributed by atoms with Gasteiger partial charge in [0, 0.05) is 13.5 Å². The van der Waals surface area contributed by atoms with Gasteiger partial charge in [0.1, 0.15) is 0 Å². The first-order valence-corrected chi connectivity index (χ1v) is 6.13. The highest BCUT2D eigenvalue weighted by atomic mass is 16.5. The van der Waals surface area contributed by atoms with Crippen molar-refractivity contribution in [3.8, 4) is 17.2 Å². The van der Waals surface area contributed by atoms with E-state index < -0.39 is 5.92 Å². The van der Waals surface area contributed by atoms with Crippen LogP contribution in [0.5, 0.6) is 17.2 Å². The monoisotopic (exact) mass is 279 g/mol. The van der Waals surface area contributed by atoms with Crippen molar-refractivity contribution >= 4 is 11.8 Å². The van der Waals surface area contributed by atoms with Crippen LogP contribution in [0.3, 0.4) is 0 Å². The van der Waals surface area contributed by atoms with Crippen molar-refractivity contribution in [2.45, 2.75) is 12.3 Å². The second-order valence-electron chi connectivity index (χ2n) is 4.51. The first-order chi connectivity index (χ1) is 9.53. The van der Waals surface area contributed by atoms with E-state index in [2.05, 4.69) is 0 Å². The normalized spacial score (nSPS) is 18.4. The summed E-state index contributed by atoms with van der Waals surface area (Å²) in [6.07, 6.45) is 0.161. The first-order valence-electron chi connectivity index (χ1n) is 6.13. The van der Waals surface area contributed by atoms with Crippen molar-refractivity contribution in [1.29, 1.82) is 0 Å². The van der Waals surface area contributed by atoms with Crippen LogP contribution in [-0.2, 0) is 9.59 Å². The van der Waals surface area contributed by atoms with E-state index in [-0.39, 0.29) is 18.2 Å². The number of benzene rings is 1. The minimum Gasteiger partial charge on any atom is -0.493 e.